The lowest BCUT2D eigenvalue weighted by Crippen LogP contribution is -2.47. The van der Waals surface area contributed by atoms with Gasteiger partial charge >= 0.3 is 0 Å². The molecular formula is C21H31ClF2N4O4. The number of nitrogens with zero attached hydrogens (tertiary/aromatic N) is 3. The number of ether oxygens (including phenoxy) is 3. The maximum Gasteiger partial charge on any atom is 0.293 e. The van der Waals surface area contributed by atoms with Gasteiger partial charge in [0.1, 0.15) is 17.5 Å². The average Bonchev–Trinajstić information content (AvgIpc) is 3.02. The van der Waals surface area contributed by atoms with Crippen molar-refractivity contribution in [3.63, 3.8) is 0 Å². The first-order valence-corrected chi connectivity index (χ1v) is 11.3. The van der Waals surface area contributed by atoms with Gasteiger partial charge < -0.3 is 24.4 Å². The molecule has 0 aliphatic carbocycles. The third kappa shape index (κ3) is 6.10. The molecule has 11 heteroatoms. The number of alkyl halides is 3. The van der Waals surface area contributed by atoms with Crippen LogP contribution in [-0.2, 0) is 19.0 Å². The number of nitrogens with one attached hydrogen (secondary N) is 1. The van der Waals surface area contributed by atoms with Crippen molar-refractivity contribution < 1.29 is 27.8 Å². The predicted molar refractivity (Wildman–Crippen MR) is 117 cm³/mol. The second-order valence-corrected chi connectivity index (χ2v) is 9.05. The number of carbonyl (C=O) groups excluding carboxylic acids is 1. The zero-order chi connectivity index (χ0) is 23.4. The molecule has 32 heavy (non-hydrogen) atoms. The molecule has 3 heterocycles. The van der Waals surface area contributed by atoms with Crippen LogP contribution in [0.2, 0.25) is 0 Å². The van der Waals surface area contributed by atoms with E-state index >= 15 is 0 Å². The zero-order valence-electron chi connectivity index (χ0n) is 18.8. The van der Waals surface area contributed by atoms with Gasteiger partial charge in [-0.25, -0.2) is 13.8 Å². The summed E-state index contributed by atoms with van der Waals surface area (Å²) >= 11 is 6.44. The van der Waals surface area contributed by atoms with Gasteiger partial charge in [0.2, 0.25) is 11.8 Å². The Morgan fingerprint density at radius 2 is 2.22 bits per heavy atom. The molecule has 0 saturated carbocycles. The Morgan fingerprint density at radius 1 is 1.47 bits per heavy atom. The van der Waals surface area contributed by atoms with E-state index < -0.39 is 24.5 Å². The van der Waals surface area contributed by atoms with Gasteiger partial charge in [0.25, 0.3) is 12.4 Å². The second kappa shape index (κ2) is 10.8. The number of halogens is 3. The molecule has 1 N–H and O–H groups in total. The minimum atomic E-state index is -2.60. The fourth-order valence-electron chi connectivity index (χ4n) is 4.20. The zero-order valence-corrected chi connectivity index (χ0v) is 19.5. The van der Waals surface area contributed by atoms with Crippen LogP contribution in [0, 0.1) is 5.92 Å². The molecule has 1 fully saturated rings. The summed E-state index contributed by atoms with van der Waals surface area (Å²) in [5.41, 5.74) is 0.599. The molecule has 6 atom stereocenters. The summed E-state index contributed by atoms with van der Waals surface area (Å²) < 4.78 is 42.1. The largest absolute Gasteiger partial charge is 0.474 e. The lowest BCUT2D eigenvalue weighted by atomic mass is 9.91. The lowest BCUT2D eigenvalue weighted by Gasteiger charge is -2.36. The molecule has 1 amide bonds. The van der Waals surface area contributed by atoms with Gasteiger partial charge in [0, 0.05) is 20.0 Å². The van der Waals surface area contributed by atoms with Crippen molar-refractivity contribution >= 4 is 29.4 Å². The van der Waals surface area contributed by atoms with Crippen LogP contribution in [0.15, 0.2) is 21.9 Å². The predicted octanol–water partition coefficient (Wildman–Crippen LogP) is 2.91. The average molecular weight is 477 g/mol. The Labute approximate surface area is 192 Å². The number of hydrogen-bond donors (Lipinski definition) is 1. The number of hydrogen-bond acceptors (Lipinski definition) is 7. The van der Waals surface area contributed by atoms with E-state index in [2.05, 4.69) is 22.2 Å². The standard InChI is InChI=1S/C21H31ClF2N4O4/c1-11-7-14(9-30-16(11)6-5-12(2)26-13(3)29)32-21-27-15-8-25-20(31-10-17(23)24)18(22)19(15)28(21)4/h8,11-12,14,16-19H,5-7,9-10H2,1-4H3,(H,26,29)/t11-,12-,14+,16+,18?,19?/m0/s1. The Kier molecular flexibility index (Phi) is 8.32. The van der Waals surface area contributed by atoms with Crippen molar-refractivity contribution in [2.24, 2.45) is 15.9 Å². The first-order chi connectivity index (χ1) is 15.2. The molecular weight excluding hydrogens is 446 g/mol. The molecule has 180 valence electrons. The third-order valence-corrected chi connectivity index (χ3v) is 6.24. The highest BCUT2D eigenvalue weighted by Gasteiger charge is 2.42. The maximum atomic E-state index is 12.5. The summed E-state index contributed by atoms with van der Waals surface area (Å²) in [6.07, 6.45) is 1.32. The summed E-state index contributed by atoms with van der Waals surface area (Å²) in [5, 5.41) is 2.14. The van der Waals surface area contributed by atoms with Crippen molar-refractivity contribution in [1.29, 1.82) is 0 Å². The molecule has 3 aliphatic rings. The monoisotopic (exact) mass is 476 g/mol. The molecule has 3 rings (SSSR count). The molecule has 0 bridgehead atoms. The fraction of sp³-hybridized carbons (Fsp3) is 0.762. The number of likely N-dealkylation sites (N-methyl/N-ethyl adjacent to an activating group) is 1. The Morgan fingerprint density at radius 3 is 2.88 bits per heavy atom. The van der Waals surface area contributed by atoms with E-state index in [-0.39, 0.29) is 36.0 Å². The fourth-order valence-corrected chi connectivity index (χ4v) is 4.61. The van der Waals surface area contributed by atoms with Gasteiger partial charge in [0.05, 0.1) is 24.6 Å². The molecule has 0 aromatic rings. The third-order valence-electron chi connectivity index (χ3n) is 5.81. The van der Waals surface area contributed by atoms with E-state index in [0.29, 0.717) is 18.3 Å². The minimum absolute atomic E-state index is 0.0296. The van der Waals surface area contributed by atoms with Crippen molar-refractivity contribution in [3.8, 4) is 0 Å². The highest BCUT2D eigenvalue weighted by molar-refractivity contribution is 6.32. The SMILES string of the molecule is CC(=O)N[C@@H](C)CC[C@H]1OC[C@H](OC2=NC3=CN=C(OCC(F)F)C(Cl)C3N2C)C[C@@H]1C. The lowest BCUT2D eigenvalue weighted by molar-refractivity contribution is -0.119. The number of aliphatic imine (C=N–C) groups is 2. The van der Waals surface area contributed by atoms with Crippen molar-refractivity contribution in [2.45, 2.75) is 76.1 Å². The summed E-state index contributed by atoms with van der Waals surface area (Å²) in [5.74, 6) is 0.304. The summed E-state index contributed by atoms with van der Waals surface area (Å²) in [6.45, 7) is 5.31. The van der Waals surface area contributed by atoms with E-state index in [1.165, 1.54) is 13.1 Å². The van der Waals surface area contributed by atoms with Gasteiger partial charge in [-0.15, -0.1) is 11.6 Å². The first-order valence-electron chi connectivity index (χ1n) is 10.8. The Bertz CT molecular complexity index is 779. The first kappa shape index (κ1) is 24.7. The molecule has 8 nitrogen and oxygen atoms in total. The van der Waals surface area contributed by atoms with E-state index in [1.807, 2.05) is 6.92 Å². The number of amidine groups is 1. The van der Waals surface area contributed by atoms with Crippen LogP contribution in [-0.4, -0.2) is 79.1 Å². The quantitative estimate of drug-likeness (QED) is 0.571. The molecule has 0 aromatic heterocycles. The van der Waals surface area contributed by atoms with Crippen LogP contribution >= 0.6 is 11.6 Å². The highest BCUT2D eigenvalue weighted by Crippen LogP contribution is 2.32. The minimum Gasteiger partial charge on any atom is -0.474 e. The van der Waals surface area contributed by atoms with Crippen LogP contribution in [0.25, 0.3) is 0 Å². The molecule has 0 spiro atoms. The van der Waals surface area contributed by atoms with Gasteiger partial charge in [-0.1, -0.05) is 6.92 Å². The van der Waals surface area contributed by atoms with Gasteiger partial charge in [-0.2, -0.15) is 4.99 Å². The maximum absolute atomic E-state index is 12.5. The van der Waals surface area contributed by atoms with E-state index in [9.17, 15) is 13.6 Å². The summed E-state index contributed by atoms with van der Waals surface area (Å²) in [7, 11) is 1.79. The van der Waals surface area contributed by atoms with Gasteiger partial charge in [0.15, 0.2) is 6.61 Å². The summed E-state index contributed by atoms with van der Waals surface area (Å²) in [6, 6.07) is 0.105. The smallest absolute Gasteiger partial charge is 0.293 e. The number of carbonyl (C=O) groups is 1. The Balaban J connectivity index is 1.52. The molecule has 3 aliphatic heterocycles. The number of fused-ring (bicyclic) bond motifs is 1. The van der Waals surface area contributed by atoms with E-state index in [4.69, 9.17) is 25.8 Å². The van der Waals surface area contributed by atoms with Crippen LogP contribution in [0.1, 0.15) is 40.0 Å². The van der Waals surface area contributed by atoms with Crippen LogP contribution in [0.5, 0.6) is 0 Å². The van der Waals surface area contributed by atoms with E-state index in [1.54, 1.807) is 11.9 Å². The number of amides is 1. The highest BCUT2D eigenvalue weighted by atomic mass is 35.5. The normalized spacial score (nSPS) is 30.8. The van der Waals surface area contributed by atoms with Gasteiger partial charge in [-0.3, -0.25) is 4.79 Å². The van der Waals surface area contributed by atoms with E-state index in [0.717, 1.165) is 19.3 Å². The summed E-state index contributed by atoms with van der Waals surface area (Å²) in [4.78, 5) is 21.5. The Hall–Kier alpha value is -1.94. The van der Waals surface area contributed by atoms with Crippen LogP contribution in [0.4, 0.5) is 8.78 Å². The molecule has 1 saturated heterocycles. The molecule has 0 radical (unpaired) electrons. The topological polar surface area (TPSA) is 84.8 Å². The van der Waals surface area contributed by atoms with Crippen LogP contribution in [0.3, 0.4) is 0 Å². The van der Waals surface area contributed by atoms with Crippen molar-refractivity contribution in [2.75, 3.05) is 20.3 Å². The van der Waals surface area contributed by atoms with Crippen molar-refractivity contribution in [1.82, 2.24) is 10.2 Å². The molecule has 2 unspecified atom stereocenters. The second-order valence-electron chi connectivity index (χ2n) is 8.58. The van der Waals surface area contributed by atoms with Gasteiger partial charge in [-0.05, 0) is 32.1 Å². The molecule has 0 aromatic carbocycles. The number of rotatable bonds is 7. The van der Waals surface area contributed by atoms with Crippen LogP contribution < -0.4 is 5.32 Å². The van der Waals surface area contributed by atoms with Crippen molar-refractivity contribution in [3.05, 3.63) is 11.9 Å².